The van der Waals surface area contributed by atoms with Crippen molar-refractivity contribution in [2.75, 3.05) is 0 Å². The molecular formula is C12H10BrCl. The van der Waals surface area contributed by atoms with Gasteiger partial charge in [-0.15, -0.1) is 0 Å². The number of hydrogen-bond donors (Lipinski definition) is 0. The normalized spacial score (nSPS) is 16.1. The minimum Gasteiger partial charge on any atom is -0.0847 e. The lowest BCUT2D eigenvalue weighted by Crippen LogP contribution is -1.89. The summed E-state index contributed by atoms with van der Waals surface area (Å²) in [4.78, 5) is 0. The lowest BCUT2D eigenvalue weighted by atomic mass is 9.97. The molecule has 0 unspecified atom stereocenters. The van der Waals surface area contributed by atoms with Gasteiger partial charge in [0.15, 0.2) is 0 Å². The lowest BCUT2D eigenvalue weighted by molar-refractivity contribution is 1.05. The fraction of sp³-hybridized carbons (Fsp3) is 0.167. The van der Waals surface area contributed by atoms with Gasteiger partial charge in [-0.1, -0.05) is 45.7 Å². The standard InChI is InChI=1S/C12H10BrCl/c13-11-6-4-9(5-7-11)10-2-1-3-12(14)8-10/h3-8H,1-2H2. The zero-order chi connectivity index (χ0) is 9.97. The largest absolute Gasteiger partial charge is 0.0847 e. The number of hydrogen-bond acceptors (Lipinski definition) is 0. The van der Waals surface area contributed by atoms with Gasteiger partial charge in [-0.3, -0.25) is 0 Å². The van der Waals surface area contributed by atoms with Crippen molar-refractivity contribution in [1.82, 2.24) is 0 Å². The van der Waals surface area contributed by atoms with Crippen molar-refractivity contribution < 1.29 is 0 Å². The minimum absolute atomic E-state index is 0.856. The molecule has 0 aliphatic heterocycles. The van der Waals surface area contributed by atoms with Crippen LogP contribution in [0, 0.1) is 0 Å². The molecule has 0 fully saturated rings. The third-order valence-electron chi connectivity index (χ3n) is 2.28. The summed E-state index contributed by atoms with van der Waals surface area (Å²) in [5.41, 5.74) is 2.59. The van der Waals surface area contributed by atoms with Crippen LogP contribution < -0.4 is 0 Å². The molecule has 0 saturated heterocycles. The fourth-order valence-corrected chi connectivity index (χ4v) is 2.06. The van der Waals surface area contributed by atoms with E-state index in [0.29, 0.717) is 0 Å². The predicted molar refractivity (Wildman–Crippen MR) is 65.3 cm³/mol. The van der Waals surface area contributed by atoms with Gasteiger partial charge in [0.2, 0.25) is 0 Å². The highest BCUT2D eigenvalue weighted by molar-refractivity contribution is 9.10. The van der Waals surface area contributed by atoms with Crippen LogP contribution in [0.15, 0.2) is 45.9 Å². The van der Waals surface area contributed by atoms with Crippen LogP contribution in [0.4, 0.5) is 0 Å². The van der Waals surface area contributed by atoms with Gasteiger partial charge in [0.25, 0.3) is 0 Å². The highest BCUT2D eigenvalue weighted by Gasteiger charge is 2.05. The summed E-state index contributed by atoms with van der Waals surface area (Å²) in [6, 6.07) is 8.35. The summed E-state index contributed by atoms with van der Waals surface area (Å²) in [5, 5.41) is 0.856. The van der Waals surface area contributed by atoms with E-state index in [9.17, 15) is 0 Å². The van der Waals surface area contributed by atoms with E-state index in [1.807, 2.05) is 6.08 Å². The van der Waals surface area contributed by atoms with Crippen molar-refractivity contribution >= 4 is 33.1 Å². The average molecular weight is 270 g/mol. The van der Waals surface area contributed by atoms with Crippen molar-refractivity contribution in [3.63, 3.8) is 0 Å². The summed E-state index contributed by atoms with van der Waals surface area (Å²) in [7, 11) is 0. The van der Waals surface area contributed by atoms with Crippen LogP contribution in [0.5, 0.6) is 0 Å². The third kappa shape index (κ3) is 2.28. The van der Waals surface area contributed by atoms with Crippen LogP contribution >= 0.6 is 27.5 Å². The molecule has 1 aromatic rings. The Kier molecular flexibility index (Phi) is 3.09. The molecule has 0 N–H and O–H groups in total. The molecule has 0 nitrogen and oxygen atoms in total. The minimum atomic E-state index is 0.856. The van der Waals surface area contributed by atoms with Gasteiger partial charge in [-0.05, 0) is 42.2 Å². The van der Waals surface area contributed by atoms with Gasteiger partial charge in [-0.2, -0.15) is 0 Å². The van der Waals surface area contributed by atoms with Crippen LogP contribution in [0.2, 0.25) is 0 Å². The van der Waals surface area contributed by atoms with Crippen LogP contribution in [-0.2, 0) is 0 Å². The maximum Gasteiger partial charge on any atom is 0.0369 e. The maximum atomic E-state index is 5.97. The van der Waals surface area contributed by atoms with Gasteiger partial charge in [0.1, 0.15) is 0 Å². The highest BCUT2D eigenvalue weighted by Crippen LogP contribution is 2.28. The maximum absolute atomic E-state index is 5.97. The molecule has 0 spiro atoms. The Hall–Kier alpha value is -0.530. The Morgan fingerprint density at radius 2 is 1.86 bits per heavy atom. The number of rotatable bonds is 1. The predicted octanol–water partition coefficient (Wildman–Crippen LogP) is 4.75. The Morgan fingerprint density at radius 1 is 1.14 bits per heavy atom. The number of halogens is 2. The Labute approximate surface area is 97.4 Å². The first kappa shape index (κ1) is 10.0. The van der Waals surface area contributed by atoms with Crippen molar-refractivity contribution in [3.8, 4) is 0 Å². The Bertz CT molecular complexity index is 387. The number of allylic oxidation sites excluding steroid dienone is 4. The second-order valence-corrected chi connectivity index (χ2v) is 4.66. The molecule has 14 heavy (non-hydrogen) atoms. The van der Waals surface area contributed by atoms with E-state index in [2.05, 4.69) is 46.3 Å². The van der Waals surface area contributed by atoms with Gasteiger partial charge >= 0.3 is 0 Å². The Balaban J connectivity index is 2.31. The summed E-state index contributed by atoms with van der Waals surface area (Å²) in [5.74, 6) is 0. The summed E-state index contributed by atoms with van der Waals surface area (Å²) in [6.07, 6.45) is 6.23. The van der Waals surface area contributed by atoms with E-state index >= 15 is 0 Å². The van der Waals surface area contributed by atoms with E-state index in [4.69, 9.17) is 11.6 Å². The van der Waals surface area contributed by atoms with Crippen LogP contribution in [0.1, 0.15) is 18.4 Å². The number of benzene rings is 1. The molecule has 0 bridgehead atoms. The lowest BCUT2D eigenvalue weighted by Gasteiger charge is -2.10. The molecule has 0 saturated carbocycles. The molecule has 1 aromatic carbocycles. The Morgan fingerprint density at radius 3 is 2.50 bits per heavy atom. The van der Waals surface area contributed by atoms with Crippen molar-refractivity contribution in [1.29, 1.82) is 0 Å². The van der Waals surface area contributed by atoms with Crippen LogP contribution in [-0.4, -0.2) is 0 Å². The molecule has 0 amide bonds. The molecule has 1 aliphatic rings. The van der Waals surface area contributed by atoms with E-state index in [0.717, 1.165) is 22.3 Å². The molecule has 2 heteroatoms. The molecule has 0 aromatic heterocycles. The molecule has 2 rings (SSSR count). The van der Waals surface area contributed by atoms with Crippen LogP contribution in [0.3, 0.4) is 0 Å². The summed E-state index contributed by atoms with van der Waals surface area (Å²) >= 11 is 9.39. The van der Waals surface area contributed by atoms with Crippen molar-refractivity contribution in [2.45, 2.75) is 12.8 Å². The molecule has 0 heterocycles. The van der Waals surface area contributed by atoms with Crippen LogP contribution in [0.25, 0.3) is 5.57 Å². The van der Waals surface area contributed by atoms with Gasteiger partial charge in [0, 0.05) is 9.51 Å². The SMILES string of the molecule is ClC1=CCCC(c2ccc(Br)cc2)=C1. The molecule has 1 aliphatic carbocycles. The van der Waals surface area contributed by atoms with Gasteiger partial charge in [0.05, 0.1) is 0 Å². The molecule has 0 atom stereocenters. The second-order valence-electron chi connectivity index (χ2n) is 3.30. The summed E-state index contributed by atoms with van der Waals surface area (Å²) < 4.78 is 1.11. The molecule has 0 radical (unpaired) electrons. The third-order valence-corrected chi connectivity index (χ3v) is 3.07. The van der Waals surface area contributed by atoms with Crippen molar-refractivity contribution in [3.05, 3.63) is 51.5 Å². The van der Waals surface area contributed by atoms with Crippen molar-refractivity contribution in [2.24, 2.45) is 0 Å². The first-order valence-corrected chi connectivity index (χ1v) is 5.75. The van der Waals surface area contributed by atoms with E-state index in [1.54, 1.807) is 0 Å². The fourth-order valence-electron chi connectivity index (χ4n) is 1.55. The summed E-state index contributed by atoms with van der Waals surface area (Å²) in [6.45, 7) is 0. The smallest absolute Gasteiger partial charge is 0.0369 e. The van der Waals surface area contributed by atoms with E-state index in [-0.39, 0.29) is 0 Å². The topological polar surface area (TPSA) is 0 Å². The molecular weight excluding hydrogens is 259 g/mol. The first-order chi connectivity index (χ1) is 6.75. The quantitative estimate of drug-likeness (QED) is 0.690. The average Bonchev–Trinajstić information content (AvgIpc) is 2.19. The van der Waals surface area contributed by atoms with E-state index < -0.39 is 0 Å². The second kappa shape index (κ2) is 4.33. The zero-order valence-electron chi connectivity index (χ0n) is 7.63. The van der Waals surface area contributed by atoms with Gasteiger partial charge in [-0.25, -0.2) is 0 Å². The van der Waals surface area contributed by atoms with Gasteiger partial charge < -0.3 is 0 Å². The first-order valence-electron chi connectivity index (χ1n) is 4.58. The monoisotopic (exact) mass is 268 g/mol. The molecule has 72 valence electrons. The van der Waals surface area contributed by atoms with E-state index in [1.165, 1.54) is 11.1 Å². The highest BCUT2D eigenvalue weighted by atomic mass is 79.9. The zero-order valence-corrected chi connectivity index (χ0v) is 9.98.